The van der Waals surface area contributed by atoms with Crippen LogP contribution in [0.15, 0.2) is 42.3 Å². The van der Waals surface area contributed by atoms with Crippen molar-refractivity contribution in [2.75, 3.05) is 6.61 Å². The van der Waals surface area contributed by atoms with Gasteiger partial charge in [-0.05, 0) is 31.1 Å². The first-order chi connectivity index (χ1) is 8.84. The Bertz CT molecular complexity index is 634. The van der Waals surface area contributed by atoms with Gasteiger partial charge in [-0.15, -0.1) is 0 Å². The second kappa shape index (κ2) is 4.56. The number of fused-ring (bicyclic) bond motifs is 1. The lowest BCUT2D eigenvalue weighted by atomic mass is 10.1. The summed E-state index contributed by atoms with van der Waals surface area (Å²) in [6.45, 7) is 0.596. The first-order valence-electron chi connectivity index (χ1n) is 5.94. The first kappa shape index (κ1) is 10.9. The predicted octanol–water partition coefficient (Wildman–Crippen LogP) is 2.51. The van der Waals surface area contributed by atoms with E-state index >= 15 is 0 Å². The maximum absolute atomic E-state index is 12.1. The molecule has 4 heteroatoms. The molecule has 0 bridgehead atoms. The van der Waals surface area contributed by atoms with Crippen LogP contribution in [0, 0.1) is 0 Å². The largest absolute Gasteiger partial charge is 0.490 e. The van der Waals surface area contributed by atoms with Crippen LogP contribution in [0.3, 0.4) is 0 Å². The molecule has 90 valence electrons. The molecule has 3 rings (SSSR count). The molecule has 2 heterocycles. The topological polar surface area (TPSA) is 52.1 Å². The highest BCUT2D eigenvalue weighted by Gasteiger charge is 2.18. The smallest absolute Gasteiger partial charge is 0.247 e. The van der Waals surface area contributed by atoms with Crippen LogP contribution in [0.4, 0.5) is 0 Å². The van der Waals surface area contributed by atoms with Gasteiger partial charge in [0.25, 0.3) is 0 Å². The van der Waals surface area contributed by atoms with E-state index in [0.29, 0.717) is 18.1 Å². The summed E-state index contributed by atoms with van der Waals surface area (Å²) in [5.41, 5.74) is 1.84. The lowest BCUT2D eigenvalue weighted by Gasteiger charge is -2.13. The molecule has 0 atom stereocenters. The number of carbonyl (C=O) groups excluding carboxylic acids is 1. The molecule has 0 radical (unpaired) electrons. The number of nitrogens with zero attached hydrogens (tertiary/aromatic N) is 2. The van der Waals surface area contributed by atoms with Gasteiger partial charge in [-0.1, -0.05) is 12.1 Å². The van der Waals surface area contributed by atoms with Crippen LogP contribution in [0.1, 0.15) is 23.3 Å². The van der Waals surface area contributed by atoms with Crippen molar-refractivity contribution in [1.82, 2.24) is 9.97 Å². The molecule has 0 amide bonds. The second-order valence-corrected chi connectivity index (χ2v) is 4.13. The molecule has 0 unspecified atom stereocenters. The summed E-state index contributed by atoms with van der Waals surface area (Å²) in [6, 6.07) is 7.48. The fourth-order valence-corrected chi connectivity index (χ4v) is 1.91. The Morgan fingerprint density at radius 3 is 2.83 bits per heavy atom. The summed E-state index contributed by atoms with van der Waals surface area (Å²) in [5.74, 6) is 0.207. The lowest BCUT2D eigenvalue weighted by Crippen LogP contribution is -2.13. The van der Waals surface area contributed by atoms with Crippen LogP contribution in [0.2, 0.25) is 0 Å². The normalized spacial score (nSPS) is 15.0. The van der Waals surface area contributed by atoms with Crippen molar-refractivity contribution < 1.29 is 9.53 Å². The number of hydrogen-bond donors (Lipinski definition) is 0. The van der Waals surface area contributed by atoms with E-state index in [1.807, 2.05) is 30.3 Å². The zero-order valence-corrected chi connectivity index (χ0v) is 9.80. The molecule has 1 aromatic heterocycles. The summed E-state index contributed by atoms with van der Waals surface area (Å²) < 4.78 is 5.35. The van der Waals surface area contributed by atoms with Gasteiger partial charge in [0.05, 0.1) is 23.8 Å². The van der Waals surface area contributed by atoms with Crippen LogP contribution in [-0.4, -0.2) is 22.4 Å². The van der Waals surface area contributed by atoms with E-state index in [1.54, 1.807) is 0 Å². The summed E-state index contributed by atoms with van der Waals surface area (Å²) in [4.78, 5) is 20.7. The molecular weight excluding hydrogens is 228 g/mol. The van der Waals surface area contributed by atoms with Gasteiger partial charge in [0.1, 0.15) is 5.69 Å². The highest BCUT2D eigenvalue weighted by molar-refractivity contribution is 6.06. The number of ketones is 1. The SMILES string of the molecule is O=C(C1=CCCCO1)c1cnc2ccccc2n1. The third-order valence-electron chi connectivity index (χ3n) is 2.84. The number of carbonyl (C=O) groups is 1. The van der Waals surface area contributed by atoms with E-state index in [2.05, 4.69) is 9.97 Å². The molecule has 18 heavy (non-hydrogen) atoms. The molecule has 0 fully saturated rings. The van der Waals surface area contributed by atoms with Crippen LogP contribution in [0.5, 0.6) is 0 Å². The summed E-state index contributed by atoms with van der Waals surface area (Å²) in [6.07, 6.45) is 5.16. The molecule has 2 aromatic rings. The standard InChI is InChI=1S/C14H12N2O2/c17-14(13-7-3-4-8-18-13)12-9-15-10-5-1-2-6-11(10)16-12/h1-2,5-7,9H,3-4,8H2. The van der Waals surface area contributed by atoms with E-state index in [0.717, 1.165) is 23.9 Å². The Morgan fingerprint density at radius 1 is 1.22 bits per heavy atom. The number of benzene rings is 1. The van der Waals surface area contributed by atoms with Crippen LogP contribution in [0.25, 0.3) is 11.0 Å². The van der Waals surface area contributed by atoms with Crippen molar-refractivity contribution in [3.05, 3.63) is 48.0 Å². The van der Waals surface area contributed by atoms with E-state index in [9.17, 15) is 4.79 Å². The number of ether oxygens (including phenoxy) is 1. The van der Waals surface area contributed by atoms with Crippen LogP contribution >= 0.6 is 0 Å². The predicted molar refractivity (Wildman–Crippen MR) is 67.1 cm³/mol. The van der Waals surface area contributed by atoms with Crippen molar-refractivity contribution in [1.29, 1.82) is 0 Å². The average molecular weight is 240 g/mol. The van der Waals surface area contributed by atoms with E-state index in [-0.39, 0.29) is 5.78 Å². The minimum absolute atomic E-state index is 0.187. The Kier molecular flexibility index (Phi) is 2.76. The Balaban J connectivity index is 1.98. The van der Waals surface area contributed by atoms with Gasteiger partial charge in [0.15, 0.2) is 5.76 Å². The van der Waals surface area contributed by atoms with Crippen LogP contribution < -0.4 is 0 Å². The zero-order valence-electron chi connectivity index (χ0n) is 9.80. The number of Topliss-reactive ketones (excluding diaryl/α,β-unsaturated/α-hetero) is 1. The van der Waals surface area contributed by atoms with Crippen molar-refractivity contribution in [3.8, 4) is 0 Å². The number of hydrogen-bond acceptors (Lipinski definition) is 4. The molecule has 0 N–H and O–H groups in total. The molecule has 0 saturated heterocycles. The first-order valence-corrected chi connectivity index (χ1v) is 5.94. The van der Waals surface area contributed by atoms with Crippen molar-refractivity contribution in [2.45, 2.75) is 12.8 Å². The third kappa shape index (κ3) is 1.97. The highest BCUT2D eigenvalue weighted by atomic mass is 16.5. The average Bonchev–Trinajstić information content (AvgIpc) is 2.47. The molecule has 1 aromatic carbocycles. The Morgan fingerprint density at radius 2 is 2.06 bits per heavy atom. The van der Waals surface area contributed by atoms with Crippen molar-refractivity contribution in [3.63, 3.8) is 0 Å². The zero-order chi connectivity index (χ0) is 12.4. The van der Waals surface area contributed by atoms with Crippen molar-refractivity contribution in [2.24, 2.45) is 0 Å². The molecule has 1 aliphatic rings. The van der Waals surface area contributed by atoms with E-state index in [1.165, 1.54) is 6.20 Å². The number of allylic oxidation sites excluding steroid dienone is 2. The Hall–Kier alpha value is -2.23. The van der Waals surface area contributed by atoms with E-state index < -0.39 is 0 Å². The maximum atomic E-state index is 12.1. The maximum Gasteiger partial charge on any atom is 0.247 e. The fourth-order valence-electron chi connectivity index (χ4n) is 1.91. The quantitative estimate of drug-likeness (QED) is 0.757. The summed E-state index contributed by atoms with van der Waals surface area (Å²) in [5, 5.41) is 0. The summed E-state index contributed by atoms with van der Waals surface area (Å²) >= 11 is 0. The van der Waals surface area contributed by atoms with Gasteiger partial charge in [-0.25, -0.2) is 4.98 Å². The second-order valence-electron chi connectivity index (χ2n) is 4.13. The molecule has 0 spiro atoms. The third-order valence-corrected chi connectivity index (χ3v) is 2.84. The van der Waals surface area contributed by atoms with Gasteiger partial charge in [0, 0.05) is 0 Å². The summed E-state index contributed by atoms with van der Waals surface area (Å²) in [7, 11) is 0. The van der Waals surface area contributed by atoms with Crippen molar-refractivity contribution >= 4 is 16.8 Å². The number of aromatic nitrogens is 2. The Labute approximate surface area is 104 Å². The molecule has 1 aliphatic heterocycles. The molecule has 4 nitrogen and oxygen atoms in total. The minimum Gasteiger partial charge on any atom is -0.490 e. The number of para-hydroxylation sites is 2. The number of rotatable bonds is 2. The minimum atomic E-state index is -0.187. The highest BCUT2D eigenvalue weighted by Crippen LogP contribution is 2.16. The van der Waals surface area contributed by atoms with Gasteiger partial charge >= 0.3 is 0 Å². The van der Waals surface area contributed by atoms with E-state index in [4.69, 9.17) is 4.74 Å². The molecule has 0 aliphatic carbocycles. The molecular formula is C14H12N2O2. The van der Waals surface area contributed by atoms with Gasteiger partial charge < -0.3 is 4.74 Å². The monoisotopic (exact) mass is 240 g/mol. The van der Waals surface area contributed by atoms with Crippen LogP contribution in [-0.2, 0) is 4.74 Å². The fraction of sp³-hybridized carbons (Fsp3) is 0.214. The van der Waals surface area contributed by atoms with Gasteiger partial charge in [-0.2, -0.15) is 0 Å². The van der Waals surface area contributed by atoms with Gasteiger partial charge in [0.2, 0.25) is 5.78 Å². The lowest BCUT2D eigenvalue weighted by molar-refractivity contribution is 0.0894. The molecule has 0 saturated carbocycles. The van der Waals surface area contributed by atoms with Gasteiger partial charge in [-0.3, -0.25) is 9.78 Å².